The monoisotopic (exact) mass is 288 g/mol. The van der Waals surface area contributed by atoms with Crippen molar-refractivity contribution in [1.29, 1.82) is 0 Å². The van der Waals surface area contributed by atoms with Crippen LogP contribution in [-0.4, -0.2) is 14.5 Å². The Morgan fingerprint density at radius 2 is 2.10 bits per heavy atom. The fraction of sp³-hybridized carbons (Fsp3) is 0.400. The van der Waals surface area contributed by atoms with E-state index in [1.54, 1.807) is 13.0 Å². The first-order valence-corrected chi connectivity index (χ1v) is 7.01. The smallest absolute Gasteiger partial charge is 0.272 e. The minimum Gasteiger partial charge on any atom is -0.379 e. The third-order valence-electron chi connectivity index (χ3n) is 3.46. The molecule has 0 aliphatic carbocycles. The van der Waals surface area contributed by atoms with Gasteiger partial charge in [0, 0.05) is 30.1 Å². The SMILES string of the molecule is CCCn1cncc1CNc1cc(C)c([N+](=O)[O-])cc1C. The first kappa shape index (κ1) is 15.0. The molecule has 0 spiro atoms. The number of nitro benzene ring substituents is 1. The molecule has 0 saturated heterocycles. The van der Waals surface area contributed by atoms with Crippen LogP contribution in [0.3, 0.4) is 0 Å². The van der Waals surface area contributed by atoms with Gasteiger partial charge in [-0.1, -0.05) is 6.92 Å². The van der Waals surface area contributed by atoms with Gasteiger partial charge >= 0.3 is 0 Å². The molecule has 0 bridgehead atoms. The zero-order valence-electron chi connectivity index (χ0n) is 12.6. The van der Waals surface area contributed by atoms with Crippen LogP contribution in [0.25, 0.3) is 0 Å². The summed E-state index contributed by atoms with van der Waals surface area (Å²) in [6, 6.07) is 3.44. The number of hydrogen-bond donors (Lipinski definition) is 1. The van der Waals surface area contributed by atoms with Gasteiger partial charge in [0.15, 0.2) is 0 Å². The van der Waals surface area contributed by atoms with Gasteiger partial charge in [0.25, 0.3) is 5.69 Å². The number of nitrogens with zero attached hydrogens (tertiary/aromatic N) is 3. The van der Waals surface area contributed by atoms with Crippen molar-refractivity contribution in [3.63, 3.8) is 0 Å². The first-order chi connectivity index (χ1) is 10.0. The molecule has 0 aliphatic rings. The van der Waals surface area contributed by atoms with Crippen molar-refractivity contribution in [3.8, 4) is 0 Å². The maximum absolute atomic E-state index is 10.9. The number of benzene rings is 1. The predicted molar refractivity (Wildman–Crippen MR) is 82.4 cm³/mol. The van der Waals surface area contributed by atoms with Gasteiger partial charge in [0.1, 0.15) is 0 Å². The van der Waals surface area contributed by atoms with Gasteiger partial charge in [0.2, 0.25) is 0 Å². The van der Waals surface area contributed by atoms with E-state index in [1.165, 1.54) is 0 Å². The highest BCUT2D eigenvalue weighted by molar-refractivity contribution is 5.59. The number of nitrogens with one attached hydrogen (secondary N) is 1. The summed E-state index contributed by atoms with van der Waals surface area (Å²) in [7, 11) is 0. The van der Waals surface area contributed by atoms with E-state index in [9.17, 15) is 10.1 Å². The molecule has 6 nitrogen and oxygen atoms in total. The summed E-state index contributed by atoms with van der Waals surface area (Å²) >= 11 is 0. The van der Waals surface area contributed by atoms with Crippen LogP contribution >= 0.6 is 0 Å². The maximum atomic E-state index is 10.9. The van der Waals surface area contributed by atoms with E-state index >= 15 is 0 Å². The lowest BCUT2D eigenvalue weighted by Gasteiger charge is -2.12. The first-order valence-electron chi connectivity index (χ1n) is 7.01. The molecule has 0 saturated carbocycles. The highest BCUT2D eigenvalue weighted by Crippen LogP contribution is 2.26. The van der Waals surface area contributed by atoms with Gasteiger partial charge in [-0.2, -0.15) is 0 Å². The van der Waals surface area contributed by atoms with Gasteiger partial charge in [0.05, 0.1) is 23.5 Å². The zero-order valence-corrected chi connectivity index (χ0v) is 12.6. The van der Waals surface area contributed by atoms with Crippen molar-refractivity contribution in [2.75, 3.05) is 5.32 Å². The van der Waals surface area contributed by atoms with Crippen molar-refractivity contribution >= 4 is 11.4 Å². The summed E-state index contributed by atoms with van der Waals surface area (Å²) in [5.41, 5.74) is 3.72. The molecule has 2 rings (SSSR count). The second-order valence-electron chi connectivity index (χ2n) is 5.14. The largest absolute Gasteiger partial charge is 0.379 e. The van der Waals surface area contributed by atoms with Gasteiger partial charge < -0.3 is 9.88 Å². The fourth-order valence-electron chi connectivity index (χ4n) is 2.31. The number of rotatable bonds is 6. The van der Waals surface area contributed by atoms with Crippen molar-refractivity contribution in [1.82, 2.24) is 9.55 Å². The number of hydrogen-bond acceptors (Lipinski definition) is 4. The molecule has 0 fully saturated rings. The van der Waals surface area contributed by atoms with Crippen LogP contribution < -0.4 is 5.32 Å². The lowest BCUT2D eigenvalue weighted by atomic mass is 10.1. The molecular formula is C15H20N4O2. The van der Waals surface area contributed by atoms with Crippen LogP contribution in [0.2, 0.25) is 0 Å². The minimum atomic E-state index is -0.345. The molecule has 0 amide bonds. The second kappa shape index (κ2) is 6.39. The average Bonchev–Trinajstić information content (AvgIpc) is 2.87. The minimum absolute atomic E-state index is 0.161. The fourth-order valence-corrected chi connectivity index (χ4v) is 2.31. The van der Waals surface area contributed by atoms with Crippen LogP contribution in [0.4, 0.5) is 11.4 Å². The lowest BCUT2D eigenvalue weighted by molar-refractivity contribution is -0.385. The molecule has 1 aromatic heterocycles. The average molecular weight is 288 g/mol. The Morgan fingerprint density at radius 3 is 2.76 bits per heavy atom. The van der Waals surface area contributed by atoms with E-state index < -0.39 is 0 Å². The molecule has 6 heteroatoms. The summed E-state index contributed by atoms with van der Waals surface area (Å²) in [6.45, 7) is 7.34. The van der Waals surface area contributed by atoms with Crippen LogP contribution in [0.15, 0.2) is 24.7 Å². The molecular weight excluding hydrogens is 268 g/mol. The Bertz CT molecular complexity index is 649. The number of anilines is 1. The van der Waals surface area contributed by atoms with Gasteiger partial charge in [-0.25, -0.2) is 4.98 Å². The van der Waals surface area contributed by atoms with E-state index in [0.29, 0.717) is 12.1 Å². The Balaban J connectivity index is 2.15. The molecule has 1 aromatic carbocycles. The number of aryl methyl sites for hydroxylation is 3. The third-order valence-corrected chi connectivity index (χ3v) is 3.46. The lowest BCUT2D eigenvalue weighted by Crippen LogP contribution is -2.08. The van der Waals surface area contributed by atoms with Gasteiger partial charge in [-0.3, -0.25) is 10.1 Å². The topological polar surface area (TPSA) is 73.0 Å². The maximum Gasteiger partial charge on any atom is 0.272 e. The van der Waals surface area contributed by atoms with E-state index in [0.717, 1.165) is 29.9 Å². The number of imidazole rings is 1. The van der Waals surface area contributed by atoms with Crippen LogP contribution in [0, 0.1) is 24.0 Å². The molecule has 0 aliphatic heterocycles. The second-order valence-corrected chi connectivity index (χ2v) is 5.14. The van der Waals surface area contributed by atoms with Crippen molar-refractivity contribution < 1.29 is 4.92 Å². The van der Waals surface area contributed by atoms with E-state index in [-0.39, 0.29) is 10.6 Å². The molecule has 0 radical (unpaired) electrons. The Morgan fingerprint density at radius 1 is 1.33 bits per heavy atom. The summed E-state index contributed by atoms with van der Waals surface area (Å²) in [5.74, 6) is 0. The summed E-state index contributed by atoms with van der Waals surface area (Å²) in [5, 5.41) is 14.3. The zero-order chi connectivity index (χ0) is 15.4. The highest BCUT2D eigenvalue weighted by Gasteiger charge is 2.13. The van der Waals surface area contributed by atoms with E-state index in [1.807, 2.05) is 25.5 Å². The molecule has 0 unspecified atom stereocenters. The predicted octanol–water partition coefficient (Wildman–Crippen LogP) is 3.43. The number of nitro groups is 1. The molecule has 1 heterocycles. The summed E-state index contributed by atoms with van der Waals surface area (Å²) in [6.07, 6.45) is 4.73. The highest BCUT2D eigenvalue weighted by atomic mass is 16.6. The Hall–Kier alpha value is -2.37. The normalized spacial score (nSPS) is 10.6. The van der Waals surface area contributed by atoms with Crippen LogP contribution in [0.5, 0.6) is 0 Å². The van der Waals surface area contributed by atoms with E-state index in [2.05, 4.69) is 21.8 Å². The molecule has 0 atom stereocenters. The van der Waals surface area contributed by atoms with Crippen molar-refractivity contribution in [2.24, 2.45) is 0 Å². The molecule has 21 heavy (non-hydrogen) atoms. The van der Waals surface area contributed by atoms with Crippen LogP contribution in [0.1, 0.15) is 30.2 Å². The van der Waals surface area contributed by atoms with E-state index in [4.69, 9.17) is 0 Å². The van der Waals surface area contributed by atoms with Crippen LogP contribution in [-0.2, 0) is 13.1 Å². The number of aromatic nitrogens is 2. The standard InChI is InChI=1S/C15H20N4O2/c1-4-5-18-10-16-8-13(18)9-17-14-6-12(3)15(19(20)21)7-11(14)2/h6-8,10,17H,4-5,9H2,1-3H3. The molecule has 112 valence electrons. The summed E-state index contributed by atoms with van der Waals surface area (Å²) < 4.78 is 2.11. The Labute approximate surface area is 124 Å². The molecule has 1 N–H and O–H groups in total. The van der Waals surface area contributed by atoms with Gasteiger partial charge in [-0.15, -0.1) is 0 Å². The van der Waals surface area contributed by atoms with Crippen molar-refractivity contribution in [3.05, 3.63) is 51.6 Å². The van der Waals surface area contributed by atoms with Crippen molar-refractivity contribution in [2.45, 2.75) is 40.3 Å². The summed E-state index contributed by atoms with van der Waals surface area (Å²) in [4.78, 5) is 14.7. The molecule has 2 aromatic rings. The van der Waals surface area contributed by atoms with Gasteiger partial charge in [-0.05, 0) is 31.9 Å². The quantitative estimate of drug-likeness (QED) is 0.653. The third kappa shape index (κ3) is 3.39. The Kier molecular flexibility index (Phi) is 4.57.